The molecule has 0 aliphatic heterocycles. The molecule has 2 aromatic carbocycles. The maximum atomic E-state index is 9.13. The van der Waals surface area contributed by atoms with Gasteiger partial charge in [-0.3, -0.25) is 0 Å². The molecule has 0 aliphatic rings. The van der Waals surface area contributed by atoms with E-state index in [1.807, 2.05) is 6.07 Å². The molecule has 24 heavy (non-hydrogen) atoms. The fraction of sp³-hybridized carbons (Fsp3) is 0. The minimum atomic E-state index is 0.353. The van der Waals surface area contributed by atoms with Crippen LogP contribution in [0.5, 0.6) is 0 Å². The van der Waals surface area contributed by atoms with Crippen molar-refractivity contribution in [2.75, 3.05) is 10.6 Å². The summed E-state index contributed by atoms with van der Waals surface area (Å²) in [6, 6.07) is 16.2. The number of nitriles is 1. The number of benzene rings is 2. The van der Waals surface area contributed by atoms with Crippen LogP contribution in [0.1, 0.15) is 5.56 Å². The van der Waals surface area contributed by atoms with Gasteiger partial charge in [-0.2, -0.15) is 10.2 Å². The average molecular weight is 356 g/mol. The lowest BCUT2D eigenvalue weighted by Crippen LogP contribution is -2.02. The number of nitrogens with one attached hydrogen (secondary N) is 2. The summed E-state index contributed by atoms with van der Waals surface area (Å²) in [5, 5.41) is 16.2. The van der Waals surface area contributed by atoms with Crippen LogP contribution in [0.2, 0.25) is 10.0 Å². The van der Waals surface area contributed by atoms with Crippen molar-refractivity contribution < 1.29 is 0 Å². The van der Waals surface area contributed by atoms with Crippen molar-refractivity contribution in [2.45, 2.75) is 0 Å². The standard InChI is InChI=1S/C17H11Cl2N5/c18-12-5-3-6-13(19)16(12)23-15-8-9-21-17(24-15)22-14-7-2-1-4-11(14)10-20/h1-9H,(H2,21,22,23,24). The molecule has 0 saturated heterocycles. The van der Waals surface area contributed by atoms with Crippen LogP contribution in [-0.4, -0.2) is 9.97 Å². The first-order valence-corrected chi connectivity index (χ1v) is 7.73. The first-order chi connectivity index (χ1) is 11.7. The Labute approximate surface area is 148 Å². The van der Waals surface area contributed by atoms with E-state index in [4.69, 9.17) is 28.5 Å². The van der Waals surface area contributed by atoms with Crippen LogP contribution in [-0.2, 0) is 0 Å². The largest absolute Gasteiger partial charge is 0.338 e. The molecule has 2 N–H and O–H groups in total. The van der Waals surface area contributed by atoms with Crippen molar-refractivity contribution in [3.8, 4) is 6.07 Å². The molecule has 0 amide bonds. The van der Waals surface area contributed by atoms with E-state index in [2.05, 4.69) is 26.7 Å². The number of anilines is 4. The van der Waals surface area contributed by atoms with Crippen molar-refractivity contribution >= 4 is 46.3 Å². The minimum absolute atomic E-state index is 0.353. The Balaban J connectivity index is 1.86. The maximum Gasteiger partial charge on any atom is 0.229 e. The van der Waals surface area contributed by atoms with E-state index >= 15 is 0 Å². The number of hydrogen-bond acceptors (Lipinski definition) is 5. The Morgan fingerprint density at radius 2 is 1.67 bits per heavy atom. The van der Waals surface area contributed by atoms with E-state index in [-0.39, 0.29) is 0 Å². The number of nitrogens with zero attached hydrogens (tertiary/aromatic N) is 3. The number of rotatable bonds is 4. The van der Waals surface area contributed by atoms with Gasteiger partial charge < -0.3 is 10.6 Å². The number of hydrogen-bond donors (Lipinski definition) is 2. The van der Waals surface area contributed by atoms with Crippen LogP contribution >= 0.6 is 23.2 Å². The van der Waals surface area contributed by atoms with Gasteiger partial charge in [0.2, 0.25) is 5.95 Å². The lowest BCUT2D eigenvalue weighted by molar-refractivity contribution is 1.16. The van der Waals surface area contributed by atoms with Gasteiger partial charge in [-0.1, -0.05) is 41.4 Å². The Hall–Kier alpha value is -2.81. The molecule has 7 heteroatoms. The van der Waals surface area contributed by atoms with Crippen molar-refractivity contribution in [3.63, 3.8) is 0 Å². The Kier molecular flexibility index (Phi) is 4.80. The molecule has 1 heterocycles. The summed E-state index contributed by atoms with van der Waals surface area (Å²) in [5.74, 6) is 0.878. The molecule has 0 aliphatic carbocycles. The molecule has 118 valence electrons. The van der Waals surface area contributed by atoms with Crippen molar-refractivity contribution in [1.82, 2.24) is 9.97 Å². The second-order valence-electron chi connectivity index (χ2n) is 4.77. The number of para-hydroxylation sites is 2. The van der Waals surface area contributed by atoms with E-state index in [0.29, 0.717) is 38.7 Å². The third kappa shape index (κ3) is 3.57. The third-order valence-electron chi connectivity index (χ3n) is 3.17. The number of aromatic nitrogens is 2. The van der Waals surface area contributed by atoms with E-state index in [0.717, 1.165) is 0 Å². The molecular weight excluding hydrogens is 345 g/mol. The predicted octanol–water partition coefficient (Wildman–Crippen LogP) is 5.14. The molecule has 0 spiro atoms. The lowest BCUT2D eigenvalue weighted by atomic mass is 10.2. The highest BCUT2D eigenvalue weighted by molar-refractivity contribution is 6.39. The van der Waals surface area contributed by atoms with Crippen molar-refractivity contribution in [1.29, 1.82) is 5.26 Å². The molecule has 0 radical (unpaired) electrons. The molecule has 1 aromatic heterocycles. The van der Waals surface area contributed by atoms with Crippen LogP contribution in [0.4, 0.5) is 23.1 Å². The molecule has 3 rings (SSSR count). The van der Waals surface area contributed by atoms with E-state index in [1.54, 1.807) is 48.7 Å². The minimum Gasteiger partial charge on any atom is -0.338 e. The normalized spacial score (nSPS) is 10.0. The predicted molar refractivity (Wildman–Crippen MR) is 96.2 cm³/mol. The zero-order chi connectivity index (χ0) is 16.9. The van der Waals surface area contributed by atoms with E-state index in [1.165, 1.54) is 0 Å². The van der Waals surface area contributed by atoms with Crippen LogP contribution in [0.3, 0.4) is 0 Å². The average Bonchev–Trinajstić information content (AvgIpc) is 2.59. The summed E-state index contributed by atoms with van der Waals surface area (Å²) in [6.45, 7) is 0. The van der Waals surface area contributed by atoms with Crippen LogP contribution in [0.25, 0.3) is 0 Å². The Morgan fingerprint density at radius 1 is 0.917 bits per heavy atom. The van der Waals surface area contributed by atoms with Gasteiger partial charge in [0.1, 0.15) is 11.9 Å². The fourth-order valence-electron chi connectivity index (χ4n) is 2.04. The van der Waals surface area contributed by atoms with Gasteiger partial charge in [0.15, 0.2) is 0 Å². The highest BCUT2D eigenvalue weighted by Gasteiger charge is 2.08. The molecule has 0 saturated carbocycles. The molecule has 0 bridgehead atoms. The maximum absolute atomic E-state index is 9.13. The molecule has 0 atom stereocenters. The van der Waals surface area contributed by atoms with Crippen molar-refractivity contribution in [3.05, 3.63) is 70.3 Å². The van der Waals surface area contributed by atoms with E-state index < -0.39 is 0 Å². The SMILES string of the molecule is N#Cc1ccccc1Nc1nccc(Nc2c(Cl)cccc2Cl)n1. The highest BCUT2D eigenvalue weighted by Crippen LogP contribution is 2.32. The van der Waals surface area contributed by atoms with Gasteiger partial charge in [-0.25, -0.2) is 4.98 Å². The van der Waals surface area contributed by atoms with E-state index in [9.17, 15) is 0 Å². The monoisotopic (exact) mass is 355 g/mol. The summed E-state index contributed by atoms with van der Waals surface area (Å²) in [5.41, 5.74) is 1.71. The Bertz CT molecular complexity index is 901. The quantitative estimate of drug-likeness (QED) is 0.677. The molecule has 0 unspecified atom stereocenters. The second kappa shape index (κ2) is 7.18. The summed E-state index contributed by atoms with van der Waals surface area (Å²) >= 11 is 12.3. The van der Waals surface area contributed by atoms with Gasteiger partial charge in [-0.05, 0) is 30.3 Å². The first-order valence-electron chi connectivity index (χ1n) is 6.97. The highest BCUT2D eigenvalue weighted by atomic mass is 35.5. The second-order valence-corrected chi connectivity index (χ2v) is 5.58. The summed E-state index contributed by atoms with van der Waals surface area (Å²) in [4.78, 5) is 8.52. The van der Waals surface area contributed by atoms with Crippen LogP contribution in [0, 0.1) is 11.3 Å². The van der Waals surface area contributed by atoms with Gasteiger partial charge in [-0.15, -0.1) is 0 Å². The molecular formula is C17H11Cl2N5. The fourth-order valence-corrected chi connectivity index (χ4v) is 2.54. The number of halogens is 2. The summed E-state index contributed by atoms with van der Waals surface area (Å²) in [7, 11) is 0. The lowest BCUT2D eigenvalue weighted by Gasteiger charge is -2.11. The third-order valence-corrected chi connectivity index (χ3v) is 3.80. The van der Waals surface area contributed by atoms with Gasteiger partial charge >= 0.3 is 0 Å². The van der Waals surface area contributed by atoms with Gasteiger partial charge in [0.25, 0.3) is 0 Å². The molecule has 0 fully saturated rings. The summed E-state index contributed by atoms with van der Waals surface area (Å²) < 4.78 is 0. The first kappa shape index (κ1) is 16.1. The Morgan fingerprint density at radius 3 is 2.42 bits per heavy atom. The topological polar surface area (TPSA) is 73.6 Å². The van der Waals surface area contributed by atoms with Gasteiger partial charge in [0, 0.05) is 6.20 Å². The zero-order valence-corrected chi connectivity index (χ0v) is 13.8. The zero-order valence-electron chi connectivity index (χ0n) is 12.3. The molecule has 5 nitrogen and oxygen atoms in total. The van der Waals surface area contributed by atoms with Crippen molar-refractivity contribution in [2.24, 2.45) is 0 Å². The molecule has 3 aromatic rings. The van der Waals surface area contributed by atoms with Crippen LogP contribution in [0.15, 0.2) is 54.7 Å². The summed E-state index contributed by atoms with van der Waals surface area (Å²) in [6.07, 6.45) is 1.59. The smallest absolute Gasteiger partial charge is 0.229 e. The van der Waals surface area contributed by atoms with Crippen LogP contribution < -0.4 is 10.6 Å². The van der Waals surface area contributed by atoms with Gasteiger partial charge in [0.05, 0.1) is 27.0 Å².